The van der Waals surface area contributed by atoms with Crippen LogP contribution in [-0.2, 0) is 25.7 Å². The number of amides is 1. The van der Waals surface area contributed by atoms with Crippen molar-refractivity contribution in [1.29, 1.82) is 0 Å². The highest BCUT2D eigenvalue weighted by atomic mass is 16.5. The van der Waals surface area contributed by atoms with Crippen molar-refractivity contribution in [3.63, 3.8) is 0 Å². The lowest BCUT2D eigenvalue weighted by Crippen LogP contribution is -2.41. The summed E-state index contributed by atoms with van der Waals surface area (Å²) >= 11 is 0. The van der Waals surface area contributed by atoms with Crippen molar-refractivity contribution in [3.8, 4) is 0 Å². The number of rotatable bonds is 6. The van der Waals surface area contributed by atoms with E-state index in [4.69, 9.17) is 9.84 Å². The Morgan fingerprint density at radius 2 is 1.89 bits per heavy atom. The fourth-order valence-corrected chi connectivity index (χ4v) is 1.41. The summed E-state index contributed by atoms with van der Waals surface area (Å²) in [5, 5.41) is 11.0. The van der Waals surface area contributed by atoms with Gasteiger partial charge >= 0.3 is 11.9 Å². The number of carbonyl (C=O) groups is 3. The van der Waals surface area contributed by atoms with Gasteiger partial charge in [-0.3, -0.25) is 9.59 Å². The molecule has 19 heavy (non-hydrogen) atoms. The summed E-state index contributed by atoms with van der Waals surface area (Å²) in [4.78, 5) is 33.1. The van der Waals surface area contributed by atoms with Gasteiger partial charge in [-0.2, -0.15) is 0 Å². The second-order valence-corrected chi connectivity index (χ2v) is 3.94. The molecule has 0 heterocycles. The van der Waals surface area contributed by atoms with Crippen LogP contribution in [0.2, 0.25) is 0 Å². The maximum atomic E-state index is 11.5. The number of ether oxygens (including phenoxy) is 1. The summed E-state index contributed by atoms with van der Waals surface area (Å²) < 4.78 is 4.94. The molecule has 0 aromatic heterocycles. The first-order valence-corrected chi connectivity index (χ1v) is 5.68. The summed E-state index contributed by atoms with van der Waals surface area (Å²) in [6, 6.07) is 7.76. The Balaban J connectivity index is 2.45. The number of benzene rings is 1. The average molecular weight is 265 g/mol. The van der Waals surface area contributed by atoms with Gasteiger partial charge in [0.1, 0.15) is 12.6 Å². The largest absolute Gasteiger partial charge is 0.480 e. The van der Waals surface area contributed by atoms with E-state index >= 15 is 0 Å². The van der Waals surface area contributed by atoms with Crippen LogP contribution >= 0.6 is 0 Å². The Hall–Kier alpha value is -2.37. The summed E-state index contributed by atoms with van der Waals surface area (Å²) in [5.41, 5.74) is 0.808. The smallest absolute Gasteiger partial charge is 0.326 e. The van der Waals surface area contributed by atoms with Crippen LogP contribution in [0.25, 0.3) is 0 Å². The molecule has 1 amide bonds. The van der Waals surface area contributed by atoms with E-state index in [0.717, 1.165) is 5.56 Å². The van der Waals surface area contributed by atoms with Gasteiger partial charge < -0.3 is 15.2 Å². The number of esters is 1. The van der Waals surface area contributed by atoms with Crippen LogP contribution in [0.3, 0.4) is 0 Å². The van der Waals surface area contributed by atoms with Crippen molar-refractivity contribution < 1.29 is 24.2 Å². The Morgan fingerprint density at radius 1 is 1.26 bits per heavy atom. The minimum Gasteiger partial charge on any atom is -0.480 e. The second kappa shape index (κ2) is 7.15. The molecule has 1 aromatic carbocycles. The van der Waals surface area contributed by atoms with E-state index in [-0.39, 0.29) is 6.61 Å². The number of aliphatic carboxylic acids is 1. The summed E-state index contributed by atoms with van der Waals surface area (Å²) in [6.07, 6.45) is -0.401. The van der Waals surface area contributed by atoms with E-state index < -0.39 is 30.3 Å². The van der Waals surface area contributed by atoms with Crippen LogP contribution in [0.1, 0.15) is 18.9 Å². The highest BCUT2D eigenvalue weighted by Gasteiger charge is 2.22. The average Bonchev–Trinajstić information content (AvgIpc) is 2.36. The molecule has 0 aliphatic rings. The first-order chi connectivity index (χ1) is 8.99. The maximum absolute atomic E-state index is 11.5. The van der Waals surface area contributed by atoms with Gasteiger partial charge in [-0.25, -0.2) is 4.79 Å². The lowest BCUT2D eigenvalue weighted by molar-refractivity contribution is -0.151. The molecule has 6 nitrogen and oxygen atoms in total. The van der Waals surface area contributed by atoms with Gasteiger partial charge in [0.25, 0.3) is 0 Å². The number of carboxylic acid groups (broad SMARTS) is 1. The Bertz CT molecular complexity index is 457. The topological polar surface area (TPSA) is 92.7 Å². The van der Waals surface area contributed by atoms with Gasteiger partial charge in [0.15, 0.2) is 0 Å². The molecule has 0 bridgehead atoms. The molecule has 0 unspecified atom stereocenters. The fourth-order valence-electron chi connectivity index (χ4n) is 1.41. The molecule has 1 aromatic rings. The molecule has 0 aliphatic carbocycles. The molecular formula is C13H15NO5. The zero-order valence-corrected chi connectivity index (χ0v) is 10.5. The number of nitrogens with one attached hydrogen (secondary N) is 1. The van der Waals surface area contributed by atoms with E-state index in [1.165, 1.54) is 6.92 Å². The van der Waals surface area contributed by atoms with Crippen molar-refractivity contribution in [1.82, 2.24) is 5.32 Å². The fraction of sp³-hybridized carbons (Fsp3) is 0.308. The highest BCUT2D eigenvalue weighted by Crippen LogP contribution is 2.03. The van der Waals surface area contributed by atoms with E-state index in [1.807, 2.05) is 6.07 Å². The minimum absolute atomic E-state index is 0.0755. The normalized spacial score (nSPS) is 11.4. The third-order valence-electron chi connectivity index (χ3n) is 2.29. The van der Waals surface area contributed by atoms with Crippen molar-refractivity contribution in [3.05, 3.63) is 35.9 Å². The quantitative estimate of drug-likeness (QED) is 0.739. The lowest BCUT2D eigenvalue weighted by Gasteiger charge is -2.12. The predicted molar refractivity (Wildman–Crippen MR) is 66.1 cm³/mol. The molecule has 2 N–H and O–H groups in total. The molecule has 1 atom stereocenters. The second-order valence-electron chi connectivity index (χ2n) is 3.94. The minimum atomic E-state index is -1.27. The third kappa shape index (κ3) is 5.67. The molecular weight excluding hydrogens is 250 g/mol. The number of carbonyl (C=O) groups excluding carboxylic acids is 2. The van der Waals surface area contributed by atoms with Crippen LogP contribution < -0.4 is 5.32 Å². The summed E-state index contributed by atoms with van der Waals surface area (Å²) in [6.45, 7) is 1.26. The summed E-state index contributed by atoms with van der Waals surface area (Å²) in [7, 11) is 0. The van der Waals surface area contributed by atoms with Crippen LogP contribution in [0.4, 0.5) is 0 Å². The zero-order chi connectivity index (χ0) is 14.3. The van der Waals surface area contributed by atoms with Crippen molar-refractivity contribution in [2.45, 2.75) is 26.0 Å². The van der Waals surface area contributed by atoms with E-state index in [9.17, 15) is 14.4 Å². The van der Waals surface area contributed by atoms with Gasteiger partial charge in [0.05, 0.1) is 6.42 Å². The zero-order valence-electron chi connectivity index (χ0n) is 10.5. The van der Waals surface area contributed by atoms with Crippen molar-refractivity contribution in [2.24, 2.45) is 0 Å². The number of hydrogen-bond donors (Lipinski definition) is 2. The Labute approximate surface area is 110 Å². The molecule has 6 heteroatoms. The van der Waals surface area contributed by atoms with Crippen molar-refractivity contribution >= 4 is 17.8 Å². The molecule has 0 fully saturated rings. The van der Waals surface area contributed by atoms with Crippen LogP contribution in [0.15, 0.2) is 30.3 Å². The maximum Gasteiger partial charge on any atom is 0.326 e. The predicted octanol–water partition coefficient (Wildman–Crippen LogP) is 0.709. The van der Waals surface area contributed by atoms with Gasteiger partial charge in [0, 0.05) is 6.92 Å². The summed E-state index contributed by atoms with van der Waals surface area (Å²) in [5.74, 6) is -2.46. The van der Waals surface area contributed by atoms with Gasteiger partial charge in [-0.05, 0) is 5.56 Å². The van der Waals surface area contributed by atoms with E-state index in [1.54, 1.807) is 24.3 Å². The van der Waals surface area contributed by atoms with Gasteiger partial charge in [-0.1, -0.05) is 30.3 Å². The molecule has 0 spiro atoms. The van der Waals surface area contributed by atoms with E-state index in [2.05, 4.69) is 5.32 Å². The Morgan fingerprint density at radius 3 is 2.42 bits per heavy atom. The highest BCUT2D eigenvalue weighted by molar-refractivity contribution is 5.86. The van der Waals surface area contributed by atoms with Gasteiger partial charge in [-0.15, -0.1) is 0 Å². The monoisotopic (exact) mass is 265 g/mol. The lowest BCUT2D eigenvalue weighted by atomic mass is 10.2. The molecule has 0 saturated heterocycles. The Kier molecular flexibility index (Phi) is 5.53. The SMILES string of the molecule is CC(=O)N[C@@H](CC(=O)OCc1ccccc1)C(=O)O. The van der Waals surface area contributed by atoms with Crippen LogP contribution in [0, 0.1) is 0 Å². The first-order valence-electron chi connectivity index (χ1n) is 5.68. The number of carboxylic acids is 1. The number of hydrogen-bond acceptors (Lipinski definition) is 4. The van der Waals surface area contributed by atoms with Crippen LogP contribution in [0.5, 0.6) is 0 Å². The molecule has 0 aliphatic heterocycles. The van der Waals surface area contributed by atoms with Crippen molar-refractivity contribution in [2.75, 3.05) is 0 Å². The molecule has 1 rings (SSSR count). The standard InChI is InChI=1S/C13H15NO5/c1-9(15)14-11(13(17)18)7-12(16)19-8-10-5-3-2-4-6-10/h2-6,11H,7-8H2,1H3,(H,14,15)(H,17,18)/t11-/m0/s1. The van der Waals surface area contributed by atoms with Crippen LogP contribution in [-0.4, -0.2) is 29.0 Å². The molecule has 102 valence electrons. The molecule has 0 saturated carbocycles. The third-order valence-corrected chi connectivity index (χ3v) is 2.29. The van der Waals surface area contributed by atoms with E-state index in [0.29, 0.717) is 0 Å². The first kappa shape index (κ1) is 14.7. The van der Waals surface area contributed by atoms with Gasteiger partial charge in [0.2, 0.25) is 5.91 Å². The molecule has 0 radical (unpaired) electrons.